The molecule has 0 aromatic heterocycles. The van der Waals surface area contributed by atoms with Crippen molar-refractivity contribution in [2.75, 3.05) is 13.2 Å². The molecule has 1 aromatic carbocycles. The van der Waals surface area contributed by atoms with E-state index < -0.39 is 29.1 Å². The lowest BCUT2D eigenvalue weighted by atomic mass is 9.62. The molecule has 0 radical (unpaired) electrons. The van der Waals surface area contributed by atoms with E-state index in [9.17, 15) is 14.4 Å². The van der Waals surface area contributed by atoms with E-state index in [1.54, 1.807) is 4.90 Å². The summed E-state index contributed by atoms with van der Waals surface area (Å²) >= 11 is 0. The molecule has 3 unspecified atom stereocenters. The third-order valence-electron chi connectivity index (χ3n) is 9.91. The molecule has 1 spiro atoms. The first kappa shape index (κ1) is 28.1. The molecule has 6 atom stereocenters. The minimum absolute atomic E-state index is 0.0310. The number of nitrogens with zero attached hydrogens (tertiary/aromatic N) is 1. The van der Waals surface area contributed by atoms with Crippen LogP contribution in [-0.4, -0.2) is 64.2 Å². The van der Waals surface area contributed by atoms with Crippen LogP contribution in [0.3, 0.4) is 0 Å². The van der Waals surface area contributed by atoms with Crippen LogP contribution >= 0.6 is 0 Å². The van der Waals surface area contributed by atoms with E-state index >= 15 is 0 Å². The SMILES string of the molecule is CC1CC23O[C@]1(C)[C@@H](C(=O)NCc1ccccc1)[C@H]2C(=O)N(CCCCCCO)C3C(=O)NC1CCCCC1. The Balaban J connectivity index is 1.41. The maximum absolute atomic E-state index is 14.2. The van der Waals surface area contributed by atoms with E-state index in [0.29, 0.717) is 19.5 Å². The van der Waals surface area contributed by atoms with Crippen molar-refractivity contribution < 1.29 is 24.2 Å². The summed E-state index contributed by atoms with van der Waals surface area (Å²) in [7, 11) is 0. The quantitative estimate of drug-likeness (QED) is 0.374. The number of aliphatic hydroxyl groups excluding tert-OH is 1. The molecule has 8 heteroatoms. The fourth-order valence-corrected chi connectivity index (χ4v) is 7.85. The second kappa shape index (κ2) is 11.6. The van der Waals surface area contributed by atoms with Crippen LogP contribution in [0.25, 0.3) is 0 Å². The van der Waals surface area contributed by atoms with Gasteiger partial charge in [0.1, 0.15) is 11.6 Å². The Labute approximate surface area is 232 Å². The Morgan fingerprint density at radius 3 is 2.49 bits per heavy atom. The molecule has 3 saturated heterocycles. The summed E-state index contributed by atoms with van der Waals surface area (Å²) in [6.07, 6.45) is 9.14. The lowest BCUT2D eigenvalue weighted by molar-refractivity contribution is -0.148. The lowest BCUT2D eigenvalue weighted by Gasteiger charge is -2.36. The molecule has 1 aliphatic carbocycles. The number of carbonyl (C=O) groups excluding carboxylic acids is 3. The first-order valence-corrected chi connectivity index (χ1v) is 15.1. The second-order valence-electron chi connectivity index (χ2n) is 12.4. The molecule has 3 N–H and O–H groups in total. The number of hydrogen-bond acceptors (Lipinski definition) is 5. The average Bonchev–Trinajstić information content (AvgIpc) is 3.45. The minimum Gasteiger partial charge on any atom is -0.396 e. The van der Waals surface area contributed by atoms with Crippen LogP contribution in [0, 0.1) is 17.8 Å². The zero-order valence-corrected chi connectivity index (χ0v) is 23.5. The number of amides is 3. The van der Waals surface area contributed by atoms with Crippen molar-refractivity contribution in [2.45, 2.75) is 108 Å². The molecule has 1 saturated carbocycles. The highest BCUT2D eigenvalue weighted by molar-refractivity contribution is 5.99. The predicted octanol–water partition coefficient (Wildman–Crippen LogP) is 3.32. The summed E-state index contributed by atoms with van der Waals surface area (Å²) in [5.74, 6) is -1.73. The number of nitrogens with one attached hydrogen (secondary N) is 2. The summed E-state index contributed by atoms with van der Waals surface area (Å²) in [5, 5.41) is 15.5. The highest BCUT2D eigenvalue weighted by Gasteiger charge is 2.79. The van der Waals surface area contributed by atoms with E-state index in [4.69, 9.17) is 9.84 Å². The number of hydrogen-bond donors (Lipinski definition) is 3. The highest BCUT2D eigenvalue weighted by atomic mass is 16.5. The Hall–Kier alpha value is -2.45. The van der Waals surface area contributed by atoms with Crippen molar-refractivity contribution in [1.82, 2.24) is 15.5 Å². The largest absolute Gasteiger partial charge is 0.396 e. The van der Waals surface area contributed by atoms with Crippen molar-refractivity contribution in [2.24, 2.45) is 17.8 Å². The number of unbranched alkanes of at least 4 members (excludes halogenated alkanes) is 3. The van der Waals surface area contributed by atoms with Crippen molar-refractivity contribution >= 4 is 17.7 Å². The van der Waals surface area contributed by atoms with Gasteiger partial charge in [0.05, 0.1) is 17.4 Å². The molecular formula is C31H45N3O5. The molecule has 1 aromatic rings. The number of aliphatic hydroxyl groups is 1. The molecule has 4 fully saturated rings. The summed E-state index contributed by atoms with van der Waals surface area (Å²) in [5.41, 5.74) is -0.809. The van der Waals surface area contributed by atoms with Gasteiger partial charge in [-0.25, -0.2) is 0 Å². The first-order valence-electron chi connectivity index (χ1n) is 15.1. The number of ether oxygens (including phenoxy) is 1. The maximum Gasteiger partial charge on any atom is 0.246 e. The fraction of sp³-hybridized carbons (Fsp3) is 0.710. The summed E-state index contributed by atoms with van der Waals surface area (Å²) in [4.78, 5) is 43.7. The molecule has 4 aliphatic rings. The molecular weight excluding hydrogens is 494 g/mol. The molecule has 8 nitrogen and oxygen atoms in total. The number of fused-ring (bicyclic) bond motifs is 1. The number of rotatable bonds is 11. The van der Waals surface area contributed by atoms with Gasteiger partial charge < -0.3 is 25.4 Å². The monoisotopic (exact) mass is 539 g/mol. The Bertz CT molecular complexity index is 1040. The van der Waals surface area contributed by atoms with Crippen LogP contribution in [0.15, 0.2) is 30.3 Å². The molecule has 2 bridgehead atoms. The van der Waals surface area contributed by atoms with Crippen molar-refractivity contribution in [3.8, 4) is 0 Å². The van der Waals surface area contributed by atoms with Crippen LogP contribution in [0.1, 0.15) is 83.6 Å². The third-order valence-corrected chi connectivity index (χ3v) is 9.91. The van der Waals surface area contributed by atoms with Gasteiger partial charge in [0.15, 0.2) is 0 Å². The lowest BCUT2D eigenvalue weighted by Crippen LogP contribution is -2.57. The van der Waals surface area contributed by atoms with Crippen LogP contribution in [0.5, 0.6) is 0 Å². The topological polar surface area (TPSA) is 108 Å². The molecule has 214 valence electrons. The Kier molecular flexibility index (Phi) is 8.34. The Morgan fingerprint density at radius 2 is 1.77 bits per heavy atom. The van der Waals surface area contributed by atoms with Gasteiger partial charge in [0.25, 0.3) is 0 Å². The van der Waals surface area contributed by atoms with Gasteiger partial charge in [-0.3, -0.25) is 14.4 Å². The van der Waals surface area contributed by atoms with Crippen LogP contribution in [0.2, 0.25) is 0 Å². The van der Waals surface area contributed by atoms with Crippen LogP contribution < -0.4 is 10.6 Å². The summed E-state index contributed by atoms with van der Waals surface area (Å²) in [6.45, 7) is 5.04. The van der Waals surface area contributed by atoms with Gasteiger partial charge in [0, 0.05) is 25.7 Å². The average molecular weight is 540 g/mol. The van der Waals surface area contributed by atoms with E-state index in [2.05, 4.69) is 17.6 Å². The highest BCUT2D eigenvalue weighted by Crippen LogP contribution is 2.65. The first-order chi connectivity index (χ1) is 18.8. The fourth-order valence-electron chi connectivity index (χ4n) is 7.85. The van der Waals surface area contributed by atoms with E-state index in [1.807, 2.05) is 37.3 Å². The predicted molar refractivity (Wildman–Crippen MR) is 147 cm³/mol. The maximum atomic E-state index is 14.2. The molecule has 3 aliphatic heterocycles. The smallest absolute Gasteiger partial charge is 0.246 e. The summed E-state index contributed by atoms with van der Waals surface area (Å²) < 4.78 is 6.82. The van der Waals surface area contributed by atoms with Crippen molar-refractivity contribution in [3.05, 3.63) is 35.9 Å². The molecule has 3 amide bonds. The van der Waals surface area contributed by atoms with Gasteiger partial charge in [-0.15, -0.1) is 0 Å². The van der Waals surface area contributed by atoms with E-state index in [0.717, 1.165) is 56.9 Å². The van der Waals surface area contributed by atoms with Crippen LogP contribution in [-0.2, 0) is 25.7 Å². The van der Waals surface area contributed by atoms with Gasteiger partial charge in [-0.05, 0) is 50.5 Å². The van der Waals surface area contributed by atoms with Gasteiger partial charge >= 0.3 is 0 Å². The second-order valence-corrected chi connectivity index (χ2v) is 12.4. The summed E-state index contributed by atoms with van der Waals surface area (Å²) in [6, 6.07) is 9.15. The van der Waals surface area contributed by atoms with Crippen LogP contribution in [0.4, 0.5) is 0 Å². The zero-order valence-electron chi connectivity index (χ0n) is 23.5. The van der Waals surface area contributed by atoms with Crippen molar-refractivity contribution in [1.29, 1.82) is 0 Å². The van der Waals surface area contributed by atoms with Gasteiger partial charge in [-0.1, -0.05) is 69.4 Å². The normalized spacial score (nSPS) is 33.8. The zero-order chi connectivity index (χ0) is 27.6. The third kappa shape index (κ3) is 5.10. The molecule has 39 heavy (non-hydrogen) atoms. The molecule has 3 heterocycles. The molecule has 5 rings (SSSR count). The van der Waals surface area contributed by atoms with E-state index in [1.165, 1.54) is 6.42 Å². The van der Waals surface area contributed by atoms with Gasteiger partial charge in [-0.2, -0.15) is 0 Å². The number of carbonyl (C=O) groups is 3. The number of likely N-dealkylation sites (tertiary alicyclic amines) is 1. The number of benzene rings is 1. The minimum atomic E-state index is -0.996. The van der Waals surface area contributed by atoms with E-state index in [-0.39, 0.29) is 36.3 Å². The standard InChI is InChI=1S/C31H45N3O5/c1-21-19-31-25(24(30(21,2)39-31)27(36)32-20-22-13-7-5-8-14-22)29(38)34(17-11-3-4-12-18-35)26(31)28(37)33-23-15-9-6-10-16-23/h5,7-8,13-14,21,23-26,35H,3-4,6,9-12,15-20H2,1-2H3,(H,32,36)(H,33,37)/t21?,24-,25+,26?,30+,31?/m1/s1. The Morgan fingerprint density at radius 1 is 1.05 bits per heavy atom. The van der Waals surface area contributed by atoms with Gasteiger partial charge in [0.2, 0.25) is 17.7 Å². The van der Waals surface area contributed by atoms with Crippen molar-refractivity contribution in [3.63, 3.8) is 0 Å².